The zero-order chi connectivity index (χ0) is 17.6. The van der Waals surface area contributed by atoms with Crippen LogP contribution in [0.2, 0.25) is 0 Å². The normalized spacial score (nSPS) is 26.2. The van der Waals surface area contributed by atoms with E-state index in [1.54, 1.807) is 12.1 Å². The van der Waals surface area contributed by atoms with Gasteiger partial charge >= 0.3 is 0 Å². The van der Waals surface area contributed by atoms with E-state index in [2.05, 4.69) is 28.5 Å². The fourth-order valence-electron chi connectivity index (χ4n) is 4.03. The molecule has 1 aromatic carbocycles. The van der Waals surface area contributed by atoms with E-state index in [9.17, 15) is 4.39 Å². The van der Waals surface area contributed by atoms with Crippen LogP contribution in [-0.4, -0.2) is 79.2 Å². The highest BCUT2D eigenvalue weighted by molar-refractivity contribution is 5.22. The molecule has 2 aliphatic heterocycles. The lowest BCUT2D eigenvalue weighted by molar-refractivity contribution is 0.0997. The van der Waals surface area contributed by atoms with E-state index in [-0.39, 0.29) is 5.82 Å². The van der Waals surface area contributed by atoms with E-state index in [0.717, 1.165) is 44.8 Å². The topological polar surface area (TPSA) is 19.0 Å². The van der Waals surface area contributed by atoms with Crippen molar-refractivity contribution in [3.8, 4) is 5.75 Å². The van der Waals surface area contributed by atoms with Crippen molar-refractivity contribution in [2.24, 2.45) is 0 Å². The third kappa shape index (κ3) is 5.40. The average molecular weight is 349 g/mol. The second-order valence-corrected chi connectivity index (χ2v) is 7.50. The second-order valence-electron chi connectivity index (χ2n) is 7.50. The van der Waals surface area contributed by atoms with E-state index >= 15 is 0 Å². The summed E-state index contributed by atoms with van der Waals surface area (Å²) in [5.74, 6) is 0.375. The largest absolute Gasteiger partial charge is 0.492 e. The Bertz CT molecular complexity index is 523. The first-order valence-corrected chi connectivity index (χ1v) is 9.70. The summed E-state index contributed by atoms with van der Waals surface area (Å²) < 4.78 is 18.8. The molecule has 0 saturated carbocycles. The van der Waals surface area contributed by atoms with E-state index in [4.69, 9.17) is 4.74 Å². The minimum absolute atomic E-state index is 0.243. The molecule has 0 radical (unpaired) electrons. The van der Waals surface area contributed by atoms with Crippen LogP contribution in [0.3, 0.4) is 0 Å². The Labute approximate surface area is 151 Å². The van der Waals surface area contributed by atoms with Gasteiger partial charge in [-0.2, -0.15) is 0 Å². The maximum absolute atomic E-state index is 13.1. The Kier molecular flexibility index (Phi) is 6.68. The zero-order valence-electron chi connectivity index (χ0n) is 15.7. The third-order valence-corrected chi connectivity index (χ3v) is 5.75. The van der Waals surface area contributed by atoms with Gasteiger partial charge in [-0.3, -0.25) is 14.7 Å². The molecule has 140 valence electrons. The van der Waals surface area contributed by atoms with Gasteiger partial charge in [-0.1, -0.05) is 6.07 Å². The van der Waals surface area contributed by atoms with Crippen molar-refractivity contribution in [3.05, 3.63) is 30.1 Å². The molecule has 2 unspecified atom stereocenters. The highest BCUT2D eigenvalue weighted by Crippen LogP contribution is 2.22. The lowest BCUT2D eigenvalue weighted by Crippen LogP contribution is -2.50. The van der Waals surface area contributed by atoms with Gasteiger partial charge in [0.1, 0.15) is 18.2 Å². The number of ether oxygens (including phenoxy) is 1. The molecule has 0 bridgehead atoms. The molecule has 2 aliphatic rings. The molecule has 0 aromatic heterocycles. The van der Waals surface area contributed by atoms with Crippen molar-refractivity contribution in [1.82, 2.24) is 14.7 Å². The van der Waals surface area contributed by atoms with Crippen LogP contribution in [0.4, 0.5) is 4.39 Å². The molecule has 0 aliphatic carbocycles. The molecule has 4 nitrogen and oxygen atoms in total. The number of rotatable bonds is 7. The summed E-state index contributed by atoms with van der Waals surface area (Å²) in [6.07, 6.45) is 2.69. The SMILES string of the molecule is CC1CCC(C)N1CCN1CCN(CCOc2cccc(F)c2)CC1. The summed E-state index contributed by atoms with van der Waals surface area (Å²) in [5.41, 5.74) is 0. The van der Waals surface area contributed by atoms with Crippen molar-refractivity contribution in [2.45, 2.75) is 38.8 Å². The lowest BCUT2D eigenvalue weighted by Gasteiger charge is -2.36. The van der Waals surface area contributed by atoms with Crippen molar-refractivity contribution in [3.63, 3.8) is 0 Å². The Morgan fingerprint density at radius 2 is 1.60 bits per heavy atom. The van der Waals surface area contributed by atoms with Crippen LogP contribution in [0.15, 0.2) is 24.3 Å². The predicted molar refractivity (Wildman–Crippen MR) is 99.6 cm³/mol. The maximum Gasteiger partial charge on any atom is 0.126 e. The van der Waals surface area contributed by atoms with Gasteiger partial charge in [-0.25, -0.2) is 4.39 Å². The van der Waals surface area contributed by atoms with Crippen molar-refractivity contribution in [1.29, 1.82) is 0 Å². The number of hydrogen-bond donors (Lipinski definition) is 0. The lowest BCUT2D eigenvalue weighted by atomic mass is 10.2. The van der Waals surface area contributed by atoms with Crippen LogP contribution in [0.5, 0.6) is 5.75 Å². The van der Waals surface area contributed by atoms with Gasteiger partial charge < -0.3 is 4.74 Å². The summed E-state index contributed by atoms with van der Waals surface area (Å²) in [5, 5.41) is 0. The number of halogens is 1. The Morgan fingerprint density at radius 3 is 2.24 bits per heavy atom. The highest BCUT2D eigenvalue weighted by Gasteiger charge is 2.27. The molecule has 0 N–H and O–H groups in total. The summed E-state index contributed by atoms with van der Waals surface area (Å²) >= 11 is 0. The van der Waals surface area contributed by atoms with Crippen molar-refractivity contribution >= 4 is 0 Å². The molecular formula is C20H32FN3O. The Balaban J connectivity index is 1.31. The van der Waals surface area contributed by atoms with Crippen LogP contribution in [-0.2, 0) is 0 Å². The van der Waals surface area contributed by atoms with Crippen molar-refractivity contribution in [2.75, 3.05) is 52.4 Å². The minimum Gasteiger partial charge on any atom is -0.492 e. The highest BCUT2D eigenvalue weighted by atomic mass is 19.1. The van der Waals surface area contributed by atoms with Gasteiger partial charge in [0.05, 0.1) is 0 Å². The van der Waals surface area contributed by atoms with Crippen LogP contribution in [0, 0.1) is 5.82 Å². The fraction of sp³-hybridized carbons (Fsp3) is 0.700. The predicted octanol–water partition coefficient (Wildman–Crippen LogP) is 2.69. The molecule has 2 fully saturated rings. The number of hydrogen-bond acceptors (Lipinski definition) is 4. The quantitative estimate of drug-likeness (QED) is 0.753. The molecule has 0 spiro atoms. The van der Waals surface area contributed by atoms with Crippen LogP contribution >= 0.6 is 0 Å². The third-order valence-electron chi connectivity index (χ3n) is 5.75. The smallest absolute Gasteiger partial charge is 0.126 e. The van der Waals surface area contributed by atoms with Gasteiger partial charge in [0.25, 0.3) is 0 Å². The Hall–Kier alpha value is -1.17. The first-order chi connectivity index (χ1) is 12.1. The summed E-state index contributed by atoms with van der Waals surface area (Å²) in [7, 11) is 0. The van der Waals surface area contributed by atoms with Crippen LogP contribution in [0.1, 0.15) is 26.7 Å². The summed E-state index contributed by atoms with van der Waals surface area (Å²) in [4.78, 5) is 7.69. The molecule has 0 amide bonds. The van der Waals surface area contributed by atoms with E-state index < -0.39 is 0 Å². The van der Waals surface area contributed by atoms with Gasteiger partial charge in [0.15, 0.2) is 0 Å². The fourth-order valence-corrected chi connectivity index (χ4v) is 4.03. The number of piperazine rings is 1. The van der Waals surface area contributed by atoms with Crippen LogP contribution in [0.25, 0.3) is 0 Å². The molecule has 2 saturated heterocycles. The second kappa shape index (κ2) is 8.97. The number of nitrogens with zero attached hydrogens (tertiary/aromatic N) is 3. The van der Waals surface area contributed by atoms with E-state index in [0.29, 0.717) is 12.4 Å². The summed E-state index contributed by atoms with van der Waals surface area (Å²) in [6.45, 7) is 13.1. The Morgan fingerprint density at radius 1 is 0.960 bits per heavy atom. The molecule has 3 rings (SSSR count). The van der Waals surface area contributed by atoms with E-state index in [1.165, 1.54) is 38.1 Å². The summed E-state index contributed by atoms with van der Waals surface area (Å²) in [6, 6.07) is 7.87. The van der Waals surface area contributed by atoms with Gasteiger partial charge in [0.2, 0.25) is 0 Å². The van der Waals surface area contributed by atoms with Crippen LogP contribution < -0.4 is 4.74 Å². The van der Waals surface area contributed by atoms with E-state index in [1.807, 2.05) is 0 Å². The molecule has 2 atom stereocenters. The van der Waals surface area contributed by atoms with Gasteiger partial charge in [-0.05, 0) is 38.8 Å². The monoisotopic (exact) mass is 349 g/mol. The molecular weight excluding hydrogens is 317 g/mol. The first kappa shape index (κ1) is 18.6. The molecule has 1 aromatic rings. The minimum atomic E-state index is -0.243. The average Bonchev–Trinajstić information content (AvgIpc) is 2.92. The van der Waals surface area contributed by atoms with Crippen molar-refractivity contribution < 1.29 is 9.13 Å². The number of likely N-dealkylation sites (tertiary alicyclic amines) is 1. The molecule has 25 heavy (non-hydrogen) atoms. The zero-order valence-corrected chi connectivity index (χ0v) is 15.7. The van der Waals surface area contributed by atoms with Gasteiger partial charge in [0, 0.05) is 64.0 Å². The first-order valence-electron chi connectivity index (χ1n) is 9.70. The van der Waals surface area contributed by atoms with Gasteiger partial charge in [-0.15, -0.1) is 0 Å². The number of benzene rings is 1. The molecule has 2 heterocycles. The maximum atomic E-state index is 13.1. The molecule has 5 heteroatoms. The standard InChI is InChI=1S/C20H32FN3O/c1-17-6-7-18(2)24(17)13-12-22-8-10-23(11-9-22)14-15-25-20-5-3-4-19(21)16-20/h3-5,16-18H,6-15H2,1-2H3.